The van der Waals surface area contributed by atoms with Crippen LogP contribution in [0.5, 0.6) is 0 Å². The molecule has 2 aromatic rings. The van der Waals surface area contributed by atoms with E-state index in [1.807, 2.05) is 13.0 Å². The van der Waals surface area contributed by atoms with Crippen LogP contribution in [0, 0.1) is 6.92 Å². The zero-order chi connectivity index (χ0) is 20.7. The monoisotopic (exact) mass is 379 g/mol. The highest BCUT2D eigenvalue weighted by Gasteiger charge is 2.37. The van der Waals surface area contributed by atoms with Crippen LogP contribution in [0.15, 0.2) is 40.8 Å². The zero-order valence-electron chi connectivity index (χ0n) is 18.2. The minimum Gasteiger partial charge on any atom is -0.456 e. The average molecular weight is 380 g/mol. The van der Waals surface area contributed by atoms with E-state index in [4.69, 9.17) is 4.42 Å². The van der Waals surface area contributed by atoms with E-state index in [1.54, 1.807) is 6.07 Å². The molecule has 1 amide bonds. The summed E-state index contributed by atoms with van der Waals surface area (Å²) in [6, 6.07) is 8.40. The molecular formula is C25H33NO2. The normalized spacial score (nSPS) is 17.1. The molecule has 0 radical (unpaired) electrons. The summed E-state index contributed by atoms with van der Waals surface area (Å²) in [6.45, 7) is 17.7. The molecule has 1 aliphatic carbocycles. The van der Waals surface area contributed by atoms with Crippen LogP contribution in [0.25, 0.3) is 0 Å². The van der Waals surface area contributed by atoms with Crippen LogP contribution in [0.1, 0.15) is 86.0 Å². The summed E-state index contributed by atoms with van der Waals surface area (Å²) >= 11 is 0. The lowest BCUT2D eigenvalue weighted by Crippen LogP contribution is -2.34. The fourth-order valence-electron chi connectivity index (χ4n) is 4.06. The molecule has 0 saturated heterocycles. The lowest BCUT2D eigenvalue weighted by molar-refractivity contribution is 0.0928. The van der Waals surface area contributed by atoms with Crippen molar-refractivity contribution in [1.29, 1.82) is 0 Å². The highest BCUT2D eigenvalue weighted by molar-refractivity contribution is 5.91. The van der Waals surface area contributed by atoms with Crippen molar-refractivity contribution in [2.45, 2.75) is 71.6 Å². The Balaban J connectivity index is 1.86. The minimum atomic E-state index is -0.195. The van der Waals surface area contributed by atoms with Gasteiger partial charge in [-0.15, -0.1) is 0 Å². The first-order chi connectivity index (χ1) is 13.0. The Morgan fingerprint density at radius 3 is 2.32 bits per heavy atom. The van der Waals surface area contributed by atoms with E-state index in [-0.39, 0.29) is 16.7 Å². The quantitative estimate of drug-likeness (QED) is 0.664. The number of nitrogens with one attached hydrogen (secondary N) is 1. The predicted molar refractivity (Wildman–Crippen MR) is 115 cm³/mol. The molecule has 1 aromatic carbocycles. The van der Waals surface area contributed by atoms with Gasteiger partial charge in [0.25, 0.3) is 5.91 Å². The molecule has 1 N–H and O–H groups in total. The second kappa shape index (κ2) is 7.27. The van der Waals surface area contributed by atoms with Gasteiger partial charge in [0, 0.05) is 13.0 Å². The number of amides is 1. The number of fused-ring (bicyclic) bond motifs is 1. The highest BCUT2D eigenvalue weighted by Crippen LogP contribution is 2.46. The number of hydrogen-bond acceptors (Lipinski definition) is 2. The molecule has 28 heavy (non-hydrogen) atoms. The third-order valence-electron chi connectivity index (χ3n) is 6.11. The Bertz CT molecular complexity index is 915. The summed E-state index contributed by atoms with van der Waals surface area (Å²) in [7, 11) is 0. The van der Waals surface area contributed by atoms with Crippen LogP contribution in [0.3, 0.4) is 0 Å². The number of rotatable bonds is 5. The Labute approximate surface area is 169 Å². The summed E-state index contributed by atoms with van der Waals surface area (Å²) in [5.74, 6) is 0.976. The fourth-order valence-corrected chi connectivity index (χ4v) is 4.06. The van der Waals surface area contributed by atoms with Crippen LogP contribution in [0.2, 0.25) is 0 Å². The molecule has 1 aliphatic rings. The first kappa shape index (κ1) is 20.4. The van der Waals surface area contributed by atoms with Gasteiger partial charge in [-0.3, -0.25) is 4.79 Å². The second-order valence-electron chi connectivity index (χ2n) is 9.67. The number of benzene rings is 1. The number of furan rings is 1. The van der Waals surface area contributed by atoms with Crippen LogP contribution in [-0.2, 0) is 17.3 Å². The zero-order valence-corrected chi connectivity index (χ0v) is 18.2. The molecule has 0 spiro atoms. The Morgan fingerprint density at radius 1 is 1.11 bits per heavy atom. The van der Waals surface area contributed by atoms with Crippen LogP contribution < -0.4 is 5.32 Å². The predicted octanol–water partition coefficient (Wildman–Crippen LogP) is 5.83. The number of carbonyl (C=O) groups is 1. The highest BCUT2D eigenvalue weighted by atomic mass is 16.3. The Kier molecular flexibility index (Phi) is 5.31. The van der Waals surface area contributed by atoms with Crippen molar-refractivity contribution in [3.63, 3.8) is 0 Å². The van der Waals surface area contributed by atoms with Gasteiger partial charge in [0.05, 0.1) is 0 Å². The molecule has 3 rings (SSSR count). The molecule has 3 nitrogen and oxygen atoms in total. The molecule has 0 unspecified atom stereocenters. The molecule has 150 valence electrons. The maximum absolute atomic E-state index is 12.2. The van der Waals surface area contributed by atoms with Crippen molar-refractivity contribution >= 4 is 5.91 Å². The van der Waals surface area contributed by atoms with E-state index < -0.39 is 0 Å². The van der Waals surface area contributed by atoms with Gasteiger partial charge in [0.1, 0.15) is 5.76 Å². The van der Waals surface area contributed by atoms with Crippen molar-refractivity contribution in [3.8, 4) is 0 Å². The summed E-state index contributed by atoms with van der Waals surface area (Å²) in [5.41, 5.74) is 6.80. The van der Waals surface area contributed by atoms with Gasteiger partial charge in [-0.2, -0.15) is 0 Å². The summed E-state index contributed by atoms with van der Waals surface area (Å²) in [5, 5.41) is 2.82. The molecule has 0 atom stereocenters. The third-order valence-corrected chi connectivity index (χ3v) is 6.11. The van der Waals surface area contributed by atoms with Gasteiger partial charge in [-0.05, 0) is 71.9 Å². The Hall–Kier alpha value is -2.29. The number of aryl methyl sites for hydroxylation is 1. The van der Waals surface area contributed by atoms with E-state index in [2.05, 4.69) is 58.6 Å². The summed E-state index contributed by atoms with van der Waals surface area (Å²) < 4.78 is 5.83. The van der Waals surface area contributed by atoms with Crippen molar-refractivity contribution < 1.29 is 9.21 Å². The fraction of sp³-hybridized carbons (Fsp3) is 0.480. The van der Waals surface area contributed by atoms with Crippen LogP contribution >= 0.6 is 0 Å². The molecular weight excluding hydrogens is 346 g/mol. The smallest absolute Gasteiger partial charge is 0.287 e. The van der Waals surface area contributed by atoms with Crippen LogP contribution in [0.4, 0.5) is 0 Å². The molecule has 1 aromatic heterocycles. The second-order valence-corrected chi connectivity index (χ2v) is 9.67. The molecule has 0 aliphatic heterocycles. The third kappa shape index (κ3) is 4.09. The summed E-state index contributed by atoms with van der Waals surface area (Å²) in [4.78, 5) is 12.2. The standard InChI is InChI=1S/C25H33NO2/c1-16(2)15-26-23(27)22-9-8-19(28-22)13-18-14-21-20(12-17(18)3)24(4,5)10-11-25(21,6)7/h8-9,12,14H,1,10-11,13,15H2,2-7H3,(H,26,27). The number of carbonyl (C=O) groups excluding carboxylic acids is 1. The van der Waals surface area contributed by atoms with Crippen molar-refractivity contribution in [3.05, 3.63) is 70.2 Å². The van der Waals surface area contributed by atoms with Crippen molar-refractivity contribution in [1.82, 2.24) is 5.32 Å². The van der Waals surface area contributed by atoms with Crippen molar-refractivity contribution in [2.75, 3.05) is 6.54 Å². The van der Waals surface area contributed by atoms with E-state index in [1.165, 1.54) is 35.1 Å². The van der Waals surface area contributed by atoms with E-state index in [0.29, 0.717) is 18.7 Å². The lowest BCUT2D eigenvalue weighted by atomic mass is 9.62. The maximum atomic E-state index is 12.2. The van der Waals surface area contributed by atoms with Crippen molar-refractivity contribution in [2.24, 2.45) is 0 Å². The van der Waals surface area contributed by atoms with E-state index in [9.17, 15) is 4.79 Å². The minimum absolute atomic E-state index is 0.185. The Morgan fingerprint density at radius 2 is 1.71 bits per heavy atom. The lowest BCUT2D eigenvalue weighted by Gasteiger charge is -2.42. The van der Waals surface area contributed by atoms with Gasteiger partial charge >= 0.3 is 0 Å². The number of hydrogen-bond donors (Lipinski definition) is 1. The first-order valence-corrected chi connectivity index (χ1v) is 10.2. The van der Waals surface area contributed by atoms with Gasteiger partial charge < -0.3 is 9.73 Å². The van der Waals surface area contributed by atoms with Gasteiger partial charge in [-0.1, -0.05) is 52.0 Å². The average Bonchev–Trinajstić information content (AvgIpc) is 3.07. The van der Waals surface area contributed by atoms with Gasteiger partial charge in [0.2, 0.25) is 0 Å². The summed E-state index contributed by atoms with van der Waals surface area (Å²) in [6.07, 6.45) is 3.11. The maximum Gasteiger partial charge on any atom is 0.287 e. The van der Waals surface area contributed by atoms with E-state index in [0.717, 1.165) is 11.3 Å². The SMILES string of the molecule is C=C(C)CNC(=O)c1ccc(Cc2cc3c(cc2C)C(C)(C)CCC3(C)C)o1. The van der Waals surface area contributed by atoms with Gasteiger partial charge in [0.15, 0.2) is 5.76 Å². The van der Waals surface area contributed by atoms with E-state index >= 15 is 0 Å². The topological polar surface area (TPSA) is 42.2 Å². The largest absolute Gasteiger partial charge is 0.456 e. The molecule has 1 heterocycles. The van der Waals surface area contributed by atoms with Crippen LogP contribution in [-0.4, -0.2) is 12.5 Å². The molecule has 0 bridgehead atoms. The molecule has 0 saturated carbocycles. The molecule has 0 fully saturated rings. The molecule has 3 heteroatoms. The van der Waals surface area contributed by atoms with Gasteiger partial charge in [-0.25, -0.2) is 0 Å². The first-order valence-electron chi connectivity index (χ1n) is 10.2.